The highest BCUT2D eigenvalue weighted by Crippen LogP contribution is 2.62. The molecule has 0 aromatic heterocycles. The lowest BCUT2D eigenvalue weighted by atomic mass is 9.83. The first kappa shape index (κ1) is 16.7. The Bertz CT molecular complexity index is 1030. The zero-order valence-corrected chi connectivity index (χ0v) is 15.8. The molecule has 2 saturated heterocycles. The van der Waals surface area contributed by atoms with E-state index in [-0.39, 0.29) is 17.1 Å². The van der Waals surface area contributed by atoms with Crippen molar-refractivity contribution in [1.82, 2.24) is 14.1 Å². The fraction of sp³-hybridized carbons (Fsp3) is 0.263. The van der Waals surface area contributed by atoms with Gasteiger partial charge in [-0.15, -0.1) is 0 Å². The molecule has 0 amide bonds. The zero-order chi connectivity index (χ0) is 18.8. The van der Waals surface area contributed by atoms with Crippen LogP contribution in [0.25, 0.3) is 0 Å². The third-order valence-corrected chi connectivity index (χ3v) is 8.27. The topological polar surface area (TPSA) is 76.0 Å². The molecule has 138 valence electrons. The normalized spacial score (nSPS) is 20.3. The van der Waals surface area contributed by atoms with Crippen molar-refractivity contribution >= 4 is 19.1 Å². The molecule has 2 aliphatic heterocycles. The predicted octanol–water partition coefficient (Wildman–Crippen LogP) is 2.36. The Hall–Kier alpha value is -2.47. The Morgan fingerprint density at radius 1 is 0.963 bits per heavy atom. The number of phenols is 1. The molecule has 3 aliphatic rings. The van der Waals surface area contributed by atoms with Gasteiger partial charge in [0.2, 0.25) is 0 Å². The number of aromatic hydroxyl groups is 1. The molecule has 2 heterocycles. The van der Waals surface area contributed by atoms with Crippen LogP contribution in [0.2, 0.25) is 0 Å². The summed E-state index contributed by atoms with van der Waals surface area (Å²) < 4.78 is 19.1. The summed E-state index contributed by atoms with van der Waals surface area (Å²) in [5.41, 5.74) is 2.55. The number of carbonyl (C=O) groups excluding carboxylic acids is 1. The molecule has 0 atom stereocenters. The van der Waals surface area contributed by atoms with E-state index in [4.69, 9.17) is 5.10 Å². The lowest BCUT2D eigenvalue weighted by molar-refractivity contribution is 0.103. The van der Waals surface area contributed by atoms with Gasteiger partial charge < -0.3 is 5.11 Å². The number of phenolic OH excluding ortho intramolecular Hbond substituents is 1. The fourth-order valence-electron chi connectivity index (χ4n) is 3.61. The first-order valence-corrected chi connectivity index (χ1v) is 10.5. The number of benzene rings is 2. The molecule has 27 heavy (non-hydrogen) atoms. The summed E-state index contributed by atoms with van der Waals surface area (Å²) in [6, 6.07) is 12.2. The van der Waals surface area contributed by atoms with Gasteiger partial charge in [-0.25, -0.2) is 14.1 Å². The number of fused-ring (bicyclic) bond motifs is 2. The van der Waals surface area contributed by atoms with Crippen LogP contribution >= 0.6 is 7.59 Å². The van der Waals surface area contributed by atoms with Crippen LogP contribution in [0.4, 0.5) is 0 Å². The molecule has 0 saturated carbocycles. The molecule has 1 N–H and O–H groups in total. The zero-order valence-electron chi connectivity index (χ0n) is 14.9. The van der Waals surface area contributed by atoms with Crippen LogP contribution in [0.5, 0.6) is 5.75 Å². The molecule has 1 aliphatic carbocycles. The van der Waals surface area contributed by atoms with Gasteiger partial charge in [-0.05, 0) is 6.07 Å². The van der Waals surface area contributed by atoms with Crippen LogP contribution < -0.4 is 0 Å². The van der Waals surface area contributed by atoms with E-state index in [1.54, 1.807) is 36.1 Å². The number of carbonyl (C=O) groups is 1. The van der Waals surface area contributed by atoms with Gasteiger partial charge >= 0.3 is 7.59 Å². The molecule has 5 rings (SSSR count). The third-order valence-electron chi connectivity index (χ3n) is 5.16. The second-order valence-electron chi connectivity index (χ2n) is 6.93. The van der Waals surface area contributed by atoms with Crippen molar-refractivity contribution in [2.24, 2.45) is 5.10 Å². The Kier molecular flexibility index (Phi) is 3.56. The Balaban J connectivity index is 1.69. The average Bonchev–Trinajstić information content (AvgIpc) is 3.56. The molecule has 0 bridgehead atoms. The van der Waals surface area contributed by atoms with Gasteiger partial charge in [0.15, 0.2) is 5.78 Å². The van der Waals surface area contributed by atoms with Gasteiger partial charge in [0.25, 0.3) is 0 Å². The highest BCUT2D eigenvalue weighted by atomic mass is 31.2. The van der Waals surface area contributed by atoms with Crippen LogP contribution in [0.1, 0.15) is 27.0 Å². The molecule has 8 heteroatoms. The van der Waals surface area contributed by atoms with Crippen molar-refractivity contribution in [1.29, 1.82) is 0 Å². The smallest absolute Gasteiger partial charge is 0.326 e. The van der Waals surface area contributed by atoms with Crippen LogP contribution in [-0.2, 0) is 4.57 Å². The number of hydrogen-bond donors (Lipinski definition) is 1. The Morgan fingerprint density at radius 2 is 1.56 bits per heavy atom. The quantitative estimate of drug-likeness (QED) is 0.424. The molecule has 2 aromatic carbocycles. The minimum Gasteiger partial charge on any atom is -0.507 e. The number of hydrogen-bond acceptors (Lipinski definition) is 4. The predicted molar refractivity (Wildman–Crippen MR) is 102 cm³/mol. The van der Waals surface area contributed by atoms with E-state index in [1.165, 1.54) is 6.07 Å². The number of rotatable bonds is 4. The van der Waals surface area contributed by atoms with Crippen molar-refractivity contribution in [3.05, 3.63) is 64.7 Å². The molecule has 2 aromatic rings. The largest absolute Gasteiger partial charge is 0.507 e. The van der Waals surface area contributed by atoms with E-state index < -0.39 is 7.59 Å². The SMILES string of the molecule is CN(/N=C1\c2ccccc2C(=O)c2c(O)cccc21)P(=O)(N1CC1)N1CC1. The van der Waals surface area contributed by atoms with Crippen molar-refractivity contribution in [3.8, 4) is 5.75 Å². The number of nitrogens with zero attached hydrogens (tertiary/aromatic N) is 4. The summed E-state index contributed by atoms with van der Waals surface area (Å²) >= 11 is 0. The first-order valence-electron chi connectivity index (χ1n) is 8.92. The summed E-state index contributed by atoms with van der Waals surface area (Å²) in [6.07, 6.45) is 0. The van der Waals surface area contributed by atoms with Gasteiger partial charge in [-0.2, -0.15) is 5.10 Å². The van der Waals surface area contributed by atoms with E-state index in [0.717, 1.165) is 26.2 Å². The second kappa shape index (κ2) is 5.76. The molecule has 2 fully saturated rings. The molecule has 0 radical (unpaired) electrons. The van der Waals surface area contributed by atoms with Crippen molar-refractivity contribution in [2.75, 3.05) is 33.2 Å². The Morgan fingerprint density at radius 3 is 2.19 bits per heavy atom. The van der Waals surface area contributed by atoms with Crippen LogP contribution in [0, 0.1) is 0 Å². The maximum Gasteiger partial charge on any atom is 0.326 e. The molecule has 0 spiro atoms. The van der Waals surface area contributed by atoms with E-state index in [1.807, 2.05) is 21.5 Å². The van der Waals surface area contributed by atoms with E-state index in [2.05, 4.69) is 0 Å². The number of hydrazone groups is 1. The van der Waals surface area contributed by atoms with Gasteiger partial charge in [-0.3, -0.25) is 9.36 Å². The van der Waals surface area contributed by atoms with Gasteiger partial charge in [0.05, 0.1) is 11.3 Å². The van der Waals surface area contributed by atoms with Crippen LogP contribution in [-0.4, -0.2) is 63.9 Å². The van der Waals surface area contributed by atoms with Crippen LogP contribution in [0.15, 0.2) is 47.6 Å². The summed E-state index contributed by atoms with van der Waals surface area (Å²) in [7, 11) is -1.16. The molecular formula is C19H19N4O3P. The summed E-state index contributed by atoms with van der Waals surface area (Å²) in [5.74, 6) is -0.289. The second-order valence-corrected chi connectivity index (χ2v) is 9.67. The highest BCUT2D eigenvalue weighted by Gasteiger charge is 2.51. The summed E-state index contributed by atoms with van der Waals surface area (Å²) in [5, 5.41) is 15.0. The Labute approximate surface area is 157 Å². The molecule has 7 nitrogen and oxygen atoms in total. The minimum absolute atomic E-state index is 0.0672. The maximum absolute atomic E-state index is 13.6. The molecular weight excluding hydrogens is 363 g/mol. The highest BCUT2D eigenvalue weighted by molar-refractivity contribution is 7.57. The van der Waals surface area contributed by atoms with Crippen molar-refractivity contribution in [3.63, 3.8) is 0 Å². The van der Waals surface area contributed by atoms with E-state index >= 15 is 0 Å². The van der Waals surface area contributed by atoms with Crippen molar-refractivity contribution < 1.29 is 14.5 Å². The van der Waals surface area contributed by atoms with Crippen LogP contribution in [0.3, 0.4) is 0 Å². The summed E-state index contributed by atoms with van der Waals surface area (Å²) in [6.45, 7) is 3.20. The standard InChI is InChI=1S/C19H19N4O3P/c1-21(27(26,22-9-10-22)23-11-12-23)20-18-13-5-2-3-6-14(13)19(25)17-15(18)7-4-8-16(17)24/h2-8,24H,9-12H2,1H3/b20-18+. The monoisotopic (exact) mass is 382 g/mol. The average molecular weight is 382 g/mol. The first-order chi connectivity index (χ1) is 13.0. The van der Waals surface area contributed by atoms with E-state index in [0.29, 0.717) is 22.4 Å². The number of ketones is 1. The fourth-order valence-corrected chi connectivity index (χ4v) is 6.13. The lowest BCUT2D eigenvalue weighted by Gasteiger charge is -2.29. The third kappa shape index (κ3) is 2.46. The van der Waals surface area contributed by atoms with Crippen molar-refractivity contribution in [2.45, 2.75) is 0 Å². The molecule has 0 unspecified atom stereocenters. The van der Waals surface area contributed by atoms with Gasteiger partial charge in [0.1, 0.15) is 5.75 Å². The van der Waals surface area contributed by atoms with Gasteiger partial charge in [0, 0.05) is 49.9 Å². The maximum atomic E-state index is 13.6. The lowest BCUT2D eigenvalue weighted by Crippen LogP contribution is -2.26. The van der Waals surface area contributed by atoms with Gasteiger partial charge in [-0.1, -0.05) is 36.4 Å². The summed E-state index contributed by atoms with van der Waals surface area (Å²) in [4.78, 5) is 12.9. The minimum atomic E-state index is -2.88. The van der Waals surface area contributed by atoms with E-state index in [9.17, 15) is 14.5 Å².